The van der Waals surface area contributed by atoms with Gasteiger partial charge in [-0.3, -0.25) is 9.59 Å². The number of rotatable bonds is 5. The van der Waals surface area contributed by atoms with E-state index >= 15 is 0 Å². The Labute approximate surface area is 117 Å². The minimum Gasteiger partial charge on any atom is -0.481 e. The maximum atomic E-state index is 11.8. The molecule has 1 amide bonds. The van der Waals surface area contributed by atoms with Crippen LogP contribution in [0.25, 0.3) is 0 Å². The van der Waals surface area contributed by atoms with Gasteiger partial charge < -0.3 is 10.4 Å². The van der Waals surface area contributed by atoms with E-state index in [2.05, 4.69) is 15.4 Å². The van der Waals surface area contributed by atoms with E-state index in [-0.39, 0.29) is 19.0 Å². The quantitative estimate of drug-likeness (QED) is 0.778. The molecule has 1 heterocycles. The molecule has 1 saturated carbocycles. The molecule has 0 aromatic carbocycles. The van der Waals surface area contributed by atoms with Crippen LogP contribution in [0.4, 0.5) is 0 Å². The van der Waals surface area contributed by atoms with Gasteiger partial charge >= 0.3 is 5.97 Å². The molecule has 2 N–H and O–H groups in total. The zero-order valence-electron chi connectivity index (χ0n) is 11.4. The van der Waals surface area contributed by atoms with E-state index in [1.807, 2.05) is 0 Å². The third kappa shape index (κ3) is 3.55. The number of amides is 1. The van der Waals surface area contributed by atoms with Crippen molar-refractivity contribution in [2.45, 2.75) is 45.1 Å². The standard InChI is InChI=1S/C13H20N4O3/c18-11(7-17-10-14-9-16-17)15-8-13(12(19)20)5-3-1-2-4-6-13/h9-10H,1-8H2,(H,15,18)(H,19,20). The molecule has 0 saturated heterocycles. The number of carboxylic acids is 1. The molecule has 1 fully saturated rings. The van der Waals surface area contributed by atoms with Gasteiger partial charge in [-0.2, -0.15) is 5.10 Å². The van der Waals surface area contributed by atoms with Crippen LogP contribution in [0.3, 0.4) is 0 Å². The number of hydrogen-bond donors (Lipinski definition) is 2. The number of aromatic nitrogens is 3. The molecular weight excluding hydrogens is 260 g/mol. The summed E-state index contributed by atoms with van der Waals surface area (Å²) < 4.78 is 1.41. The van der Waals surface area contributed by atoms with Gasteiger partial charge in [0.25, 0.3) is 0 Å². The molecule has 7 nitrogen and oxygen atoms in total. The monoisotopic (exact) mass is 280 g/mol. The fourth-order valence-electron chi connectivity index (χ4n) is 2.66. The van der Waals surface area contributed by atoms with Crippen molar-refractivity contribution in [3.63, 3.8) is 0 Å². The van der Waals surface area contributed by atoms with Gasteiger partial charge in [-0.1, -0.05) is 25.7 Å². The average molecular weight is 280 g/mol. The summed E-state index contributed by atoms with van der Waals surface area (Å²) in [5, 5.41) is 16.1. The molecule has 7 heteroatoms. The first kappa shape index (κ1) is 14.5. The van der Waals surface area contributed by atoms with Crippen LogP contribution in [0, 0.1) is 5.41 Å². The molecule has 1 aliphatic rings. The minimum absolute atomic E-state index is 0.0652. The van der Waals surface area contributed by atoms with Gasteiger partial charge in [0, 0.05) is 6.54 Å². The van der Waals surface area contributed by atoms with E-state index in [4.69, 9.17) is 0 Å². The molecule has 20 heavy (non-hydrogen) atoms. The Morgan fingerprint density at radius 3 is 2.50 bits per heavy atom. The van der Waals surface area contributed by atoms with Crippen LogP contribution in [-0.4, -0.2) is 38.3 Å². The topological polar surface area (TPSA) is 97.1 Å². The summed E-state index contributed by atoms with van der Waals surface area (Å²) in [4.78, 5) is 27.1. The first-order chi connectivity index (χ1) is 9.62. The SMILES string of the molecule is O=C(Cn1cncn1)NCC1(C(=O)O)CCCCCC1. The fourth-order valence-corrected chi connectivity index (χ4v) is 2.66. The maximum Gasteiger partial charge on any atom is 0.311 e. The molecule has 0 atom stereocenters. The van der Waals surface area contributed by atoms with Gasteiger partial charge in [0.2, 0.25) is 5.91 Å². The van der Waals surface area contributed by atoms with Crippen molar-refractivity contribution >= 4 is 11.9 Å². The summed E-state index contributed by atoms with van der Waals surface area (Å²) in [6.07, 6.45) is 8.04. The van der Waals surface area contributed by atoms with E-state index in [1.54, 1.807) is 0 Å². The zero-order chi connectivity index (χ0) is 14.4. The Hall–Kier alpha value is -1.92. The average Bonchev–Trinajstić information content (AvgIpc) is 2.79. The summed E-state index contributed by atoms with van der Waals surface area (Å²) in [5.74, 6) is -1.04. The number of nitrogens with one attached hydrogen (secondary N) is 1. The first-order valence-electron chi connectivity index (χ1n) is 6.95. The third-order valence-electron chi connectivity index (χ3n) is 3.91. The van der Waals surface area contributed by atoms with Gasteiger partial charge in [0.05, 0.1) is 5.41 Å². The predicted molar refractivity (Wildman–Crippen MR) is 70.8 cm³/mol. The van der Waals surface area contributed by atoms with E-state index in [0.29, 0.717) is 12.8 Å². The largest absolute Gasteiger partial charge is 0.481 e. The Bertz CT molecular complexity index is 450. The highest BCUT2D eigenvalue weighted by Gasteiger charge is 2.38. The lowest BCUT2D eigenvalue weighted by Gasteiger charge is -2.28. The second kappa shape index (κ2) is 6.49. The van der Waals surface area contributed by atoms with Crippen LogP contribution >= 0.6 is 0 Å². The molecule has 0 aliphatic heterocycles. The van der Waals surface area contributed by atoms with Crippen LogP contribution in [0.5, 0.6) is 0 Å². The predicted octanol–water partition coefficient (Wildman–Crippen LogP) is 0.819. The molecule has 1 aromatic heterocycles. The number of aliphatic carboxylic acids is 1. The van der Waals surface area contributed by atoms with Gasteiger partial charge in [0.1, 0.15) is 19.2 Å². The molecule has 110 valence electrons. The van der Waals surface area contributed by atoms with E-state index in [0.717, 1.165) is 25.7 Å². The zero-order valence-corrected chi connectivity index (χ0v) is 11.4. The van der Waals surface area contributed by atoms with Crippen LogP contribution in [0.15, 0.2) is 12.7 Å². The Morgan fingerprint density at radius 2 is 1.95 bits per heavy atom. The summed E-state index contributed by atoms with van der Waals surface area (Å²) in [5.41, 5.74) is -0.811. The summed E-state index contributed by atoms with van der Waals surface area (Å²) >= 11 is 0. The molecule has 1 aliphatic carbocycles. The van der Waals surface area contributed by atoms with E-state index in [9.17, 15) is 14.7 Å². The van der Waals surface area contributed by atoms with Gasteiger partial charge in [-0.05, 0) is 12.8 Å². The number of carbonyl (C=O) groups excluding carboxylic acids is 1. The van der Waals surface area contributed by atoms with Crippen molar-refractivity contribution in [3.8, 4) is 0 Å². The lowest BCUT2D eigenvalue weighted by Crippen LogP contribution is -2.43. The molecule has 2 rings (SSSR count). The molecule has 0 radical (unpaired) electrons. The summed E-state index contributed by atoms with van der Waals surface area (Å²) in [7, 11) is 0. The van der Waals surface area contributed by atoms with E-state index in [1.165, 1.54) is 17.3 Å². The van der Waals surface area contributed by atoms with Crippen LogP contribution in [0.1, 0.15) is 38.5 Å². The van der Waals surface area contributed by atoms with Crippen LogP contribution < -0.4 is 5.32 Å². The highest BCUT2D eigenvalue weighted by Crippen LogP contribution is 2.34. The normalized spacial score (nSPS) is 18.2. The van der Waals surface area contributed by atoms with E-state index < -0.39 is 11.4 Å². The maximum absolute atomic E-state index is 11.8. The molecular formula is C13H20N4O3. The number of carboxylic acid groups (broad SMARTS) is 1. The smallest absolute Gasteiger partial charge is 0.311 e. The first-order valence-corrected chi connectivity index (χ1v) is 6.95. The summed E-state index contributed by atoms with van der Waals surface area (Å²) in [6, 6.07) is 0. The Kier molecular flexibility index (Phi) is 4.70. The van der Waals surface area contributed by atoms with Crippen molar-refractivity contribution < 1.29 is 14.7 Å². The van der Waals surface area contributed by atoms with Crippen molar-refractivity contribution in [1.29, 1.82) is 0 Å². The fraction of sp³-hybridized carbons (Fsp3) is 0.692. The van der Waals surface area contributed by atoms with Gasteiger partial charge in [-0.25, -0.2) is 9.67 Å². The van der Waals surface area contributed by atoms with Gasteiger partial charge in [0.15, 0.2) is 0 Å². The van der Waals surface area contributed by atoms with Crippen molar-refractivity contribution in [1.82, 2.24) is 20.1 Å². The second-order valence-corrected chi connectivity index (χ2v) is 5.37. The number of hydrogen-bond acceptors (Lipinski definition) is 4. The highest BCUT2D eigenvalue weighted by molar-refractivity contribution is 5.78. The van der Waals surface area contributed by atoms with Crippen molar-refractivity contribution in [2.75, 3.05) is 6.54 Å². The van der Waals surface area contributed by atoms with Gasteiger partial charge in [-0.15, -0.1) is 0 Å². The van der Waals surface area contributed by atoms with Crippen molar-refractivity contribution in [3.05, 3.63) is 12.7 Å². The molecule has 0 unspecified atom stereocenters. The van der Waals surface area contributed by atoms with Crippen LogP contribution in [0.2, 0.25) is 0 Å². The van der Waals surface area contributed by atoms with Crippen molar-refractivity contribution in [2.24, 2.45) is 5.41 Å². The Morgan fingerprint density at radius 1 is 1.25 bits per heavy atom. The molecule has 0 spiro atoms. The molecule has 1 aromatic rings. The third-order valence-corrected chi connectivity index (χ3v) is 3.91. The number of carbonyl (C=O) groups is 2. The Balaban J connectivity index is 1.91. The number of nitrogens with zero attached hydrogens (tertiary/aromatic N) is 3. The lowest BCUT2D eigenvalue weighted by atomic mass is 9.80. The minimum atomic E-state index is -0.811. The molecule has 0 bridgehead atoms. The van der Waals surface area contributed by atoms with Crippen LogP contribution in [-0.2, 0) is 16.1 Å². The lowest BCUT2D eigenvalue weighted by molar-refractivity contribution is -0.149. The summed E-state index contributed by atoms with van der Waals surface area (Å²) in [6.45, 7) is 0.256. The highest BCUT2D eigenvalue weighted by atomic mass is 16.4. The second-order valence-electron chi connectivity index (χ2n) is 5.37.